The van der Waals surface area contributed by atoms with Crippen LogP contribution in [0.25, 0.3) is 0 Å². The third-order valence-electron chi connectivity index (χ3n) is 1.96. The highest BCUT2D eigenvalue weighted by Gasteiger charge is 2.08. The highest BCUT2D eigenvalue weighted by Crippen LogP contribution is 1.93. The SMILES string of the molecule is CONOCCNC(=O)c1ccc[n+](CN)c1. The van der Waals surface area contributed by atoms with Crippen molar-refractivity contribution in [3.8, 4) is 0 Å². The summed E-state index contributed by atoms with van der Waals surface area (Å²) in [4.78, 5) is 20.9. The molecule has 94 valence electrons. The van der Waals surface area contributed by atoms with Crippen LogP contribution < -0.4 is 21.3 Å². The summed E-state index contributed by atoms with van der Waals surface area (Å²) in [6, 6.07) is 3.49. The van der Waals surface area contributed by atoms with Gasteiger partial charge in [-0.05, 0) is 6.07 Å². The van der Waals surface area contributed by atoms with E-state index in [1.807, 2.05) is 0 Å². The maximum Gasteiger partial charge on any atom is 0.257 e. The van der Waals surface area contributed by atoms with Gasteiger partial charge in [-0.3, -0.25) is 20.2 Å². The number of nitrogens with zero attached hydrogens (tertiary/aromatic N) is 1. The van der Waals surface area contributed by atoms with Crippen molar-refractivity contribution in [1.29, 1.82) is 0 Å². The van der Waals surface area contributed by atoms with Gasteiger partial charge in [-0.1, -0.05) is 5.64 Å². The Morgan fingerprint density at radius 1 is 1.59 bits per heavy atom. The number of nitrogens with two attached hydrogens (primary N) is 1. The number of carbonyl (C=O) groups is 1. The quantitative estimate of drug-likeness (QED) is 0.314. The first-order valence-electron chi connectivity index (χ1n) is 5.15. The summed E-state index contributed by atoms with van der Waals surface area (Å²) in [6.07, 6.45) is 3.48. The van der Waals surface area contributed by atoms with Gasteiger partial charge in [0.15, 0.2) is 19.1 Å². The van der Waals surface area contributed by atoms with E-state index in [0.29, 0.717) is 25.4 Å². The van der Waals surface area contributed by atoms with Gasteiger partial charge >= 0.3 is 0 Å². The largest absolute Gasteiger partial charge is 0.349 e. The average molecular weight is 241 g/mol. The van der Waals surface area contributed by atoms with Crippen molar-refractivity contribution >= 4 is 5.91 Å². The molecular formula is C10H17N4O3+. The molecule has 0 unspecified atom stereocenters. The second-order valence-electron chi connectivity index (χ2n) is 3.18. The lowest BCUT2D eigenvalue weighted by atomic mass is 10.2. The molecule has 0 aliphatic rings. The van der Waals surface area contributed by atoms with Crippen LogP contribution in [0.1, 0.15) is 10.4 Å². The Labute approximate surface area is 99.4 Å². The summed E-state index contributed by atoms with van der Waals surface area (Å²) in [6.45, 7) is 1.03. The Morgan fingerprint density at radius 2 is 2.41 bits per heavy atom. The van der Waals surface area contributed by atoms with Crippen LogP contribution in [0.15, 0.2) is 24.5 Å². The van der Waals surface area contributed by atoms with E-state index < -0.39 is 0 Å². The van der Waals surface area contributed by atoms with Crippen molar-refractivity contribution in [2.24, 2.45) is 5.73 Å². The molecule has 0 saturated heterocycles. The van der Waals surface area contributed by atoms with Crippen molar-refractivity contribution in [1.82, 2.24) is 11.0 Å². The Morgan fingerprint density at radius 3 is 3.12 bits per heavy atom. The van der Waals surface area contributed by atoms with Gasteiger partial charge in [-0.25, -0.2) is 0 Å². The summed E-state index contributed by atoms with van der Waals surface area (Å²) in [5.74, 6) is -0.172. The Hall–Kier alpha value is -1.54. The molecule has 7 nitrogen and oxygen atoms in total. The molecule has 0 spiro atoms. The lowest BCUT2D eigenvalue weighted by molar-refractivity contribution is -0.696. The number of nitrogens with one attached hydrogen (secondary N) is 2. The molecule has 0 aliphatic heterocycles. The van der Waals surface area contributed by atoms with Gasteiger partial charge in [-0.2, -0.15) is 4.57 Å². The van der Waals surface area contributed by atoms with Crippen LogP contribution >= 0.6 is 0 Å². The standard InChI is InChI=1S/C10H16N4O3/c1-16-13-17-6-4-12-10(15)9-3-2-5-14(7-9)8-11/h2-3,5,7,13H,4,6,8,11H2,1H3/p+1. The maximum atomic E-state index is 11.7. The first-order chi connectivity index (χ1) is 8.27. The van der Waals surface area contributed by atoms with Crippen LogP contribution in [0.2, 0.25) is 0 Å². The fourth-order valence-electron chi connectivity index (χ4n) is 1.19. The fourth-order valence-corrected chi connectivity index (χ4v) is 1.19. The minimum atomic E-state index is -0.172. The van der Waals surface area contributed by atoms with E-state index in [1.54, 1.807) is 29.1 Å². The van der Waals surface area contributed by atoms with Crippen molar-refractivity contribution < 1.29 is 19.0 Å². The summed E-state index contributed by atoms with van der Waals surface area (Å²) in [7, 11) is 1.44. The number of rotatable bonds is 7. The van der Waals surface area contributed by atoms with Crippen LogP contribution in [0.3, 0.4) is 0 Å². The average Bonchev–Trinajstić information content (AvgIpc) is 2.38. The first kappa shape index (κ1) is 13.5. The second kappa shape index (κ2) is 7.69. The molecule has 1 amide bonds. The molecular weight excluding hydrogens is 224 g/mol. The number of hydrogen-bond acceptors (Lipinski definition) is 5. The predicted molar refractivity (Wildman–Crippen MR) is 59.3 cm³/mol. The van der Waals surface area contributed by atoms with E-state index in [1.165, 1.54) is 7.11 Å². The van der Waals surface area contributed by atoms with Gasteiger partial charge < -0.3 is 5.32 Å². The van der Waals surface area contributed by atoms with E-state index in [9.17, 15) is 4.79 Å². The molecule has 0 aliphatic carbocycles. The molecule has 7 heteroatoms. The zero-order valence-electron chi connectivity index (χ0n) is 9.68. The second-order valence-corrected chi connectivity index (χ2v) is 3.18. The van der Waals surface area contributed by atoms with Gasteiger partial charge in [0, 0.05) is 12.6 Å². The molecule has 1 heterocycles. The van der Waals surface area contributed by atoms with Gasteiger partial charge in [0.05, 0.1) is 13.7 Å². The van der Waals surface area contributed by atoms with Crippen molar-refractivity contribution in [2.75, 3.05) is 20.3 Å². The summed E-state index contributed by atoms with van der Waals surface area (Å²) in [5.41, 5.74) is 8.22. The van der Waals surface area contributed by atoms with Crippen LogP contribution in [0, 0.1) is 0 Å². The molecule has 0 atom stereocenters. The normalized spacial score (nSPS) is 10.2. The molecule has 4 N–H and O–H groups in total. The molecule has 0 bridgehead atoms. The third kappa shape index (κ3) is 4.87. The molecule has 1 aromatic heterocycles. The van der Waals surface area contributed by atoms with Crippen molar-refractivity contribution in [3.63, 3.8) is 0 Å². The topological polar surface area (TPSA) is 89.5 Å². The molecule has 1 aromatic rings. The number of aromatic nitrogens is 1. The van der Waals surface area contributed by atoms with E-state index in [4.69, 9.17) is 10.6 Å². The van der Waals surface area contributed by atoms with Gasteiger partial charge in [0.2, 0.25) is 0 Å². The molecule has 17 heavy (non-hydrogen) atoms. The predicted octanol–water partition coefficient (Wildman–Crippen LogP) is -1.30. The highest BCUT2D eigenvalue weighted by atomic mass is 16.9. The lowest BCUT2D eigenvalue weighted by Crippen LogP contribution is -2.39. The van der Waals surface area contributed by atoms with E-state index in [-0.39, 0.29) is 5.91 Å². The Bertz CT molecular complexity index is 359. The Balaban J connectivity index is 2.36. The monoisotopic (exact) mass is 241 g/mol. The zero-order chi connectivity index (χ0) is 12.5. The summed E-state index contributed by atoms with van der Waals surface area (Å²) < 4.78 is 1.72. The van der Waals surface area contributed by atoms with Crippen molar-refractivity contribution in [3.05, 3.63) is 30.1 Å². The number of amides is 1. The minimum absolute atomic E-state index is 0.172. The highest BCUT2D eigenvalue weighted by molar-refractivity contribution is 5.93. The maximum absolute atomic E-state index is 11.7. The minimum Gasteiger partial charge on any atom is -0.349 e. The van der Waals surface area contributed by atoms with Crippen LogP contribution in [-0.2, 0) is 16.3 Å². The van der Waals surface area contributed by atoms with Gasteiger partial charge in [0.25, 0.3) is 5.91 Å². The van der Waals surface area contributed by atoms with E-state index in [2.05, 4.69) is 15.8 Å². The first-order valence-corrected chi connectivity index (χ1v) is 5.15. The number of pyridine rings is 1. The van der Waals surface area contributed by atoms with E-state index >= 15 is 0 Å². The molecule has 0 saturated carbocycles. The zero-order valence-corrected chi connectivity index (χ0v) is 9.68. The van der Waals surface area contributed by atoms with Crippen molar-refractivity contribution in [2.45, 2.75) is 6.67 Å². The number of hydrogen-bond donors (Lipinski definition) is 3. The van der Waals surface area contributed by atoms with Crippen LogP contribution in [0.5, 0.6) is 0 Å². The number of carbonyl (C=O) groups excluding carboxylic acids is 1. The van der Waals surface area contributed by atoms with Gasteiger partial charge in [-0.15, -0.1) is 0 Å². The van der Waals surface area contributed by atoms with Gasteiger partial charge in [0.1, 0.15) is 5.56 Å². The molecule has 1 rings (SSSR count). The summed E-state index contributed by atoms with van der Waals surface area (Å²) >= 11 is 0. The third-order valence-corrected chi connectivity index (χ3v) is 1.96. The smallest absolute Gasteiger partial charge is 0.257 e. The summed E-state index contributed by atoms with van der Waals surface area (Å²) in [5, 5.41) is 2.70. The fraction of sp³-hybridized carbons (Fsp3) is 0.400. The van der Waals surface area contributed by atoms with Crippen LogP contribution in [0.4, 0.5) is 0 Å². The molecule has 0 fully saturated rings. The Kier molecular flexibility index (Phi) is 6.12. The van der Waals surface area contributed by atoms with Crippen LogP contribution in [-0.4, -0.2) is 26.2 Å². The molecule has 0 aromatic carbocycles. The van der Waals surface area contributed by atoms with E-state index in [0.717, 1.165) is 0 Å². The molecule has 0 radical (unpaired) electrons. The lowest BCUT2D eigenvalue weighted by Gasteiger charge is -2.05.